The fourth-order valence-electron chi connectivity index (χ4n) is 3.72. The predicted octanol–water partition coefficient (Wildman–Crippen LogP) is 2.48. The second-order valence-electron chi connectivity index (χ2n) is 7.15. The van der Waals surface area contributed by atoms with E-state index in [9.17, 15) is 14.0 Å². The van der Waals surface area contributed by atoms with E-state index in [0.29, 0.717) is 31.8 Å². The van der Waals surface area contributed by atoms with Gasteiger partial charge >= 0.3 is 0 Å². The summed E-state index contributed by atoms with van der Waals surface area (Å²) >= 11 is 0. The molecule has 3 rings (SSSR count). The zero-order valence-electron chi connectivity index (χ0n) is 14.2. The van der Waals surface area contributed by atoms with E-state index in [1.54, 1.807) is 17.0 Å². The number of carbonyl (C=O) groups is 2. The second-order valence-corrected chi connectivity index (χ2v) is 7.15. The van der Waals surface area contributed by atoms with Crippen molar-refractivity contribution in [2.24, 2.45) is 11.8 Å². The quantitative estimate of drug-likeness (QED) is 0.850. The summed E-state index contributed by atoms with van der Waals surface area (Å²) in [6.45, 7) is 4.92. The van der Waals surface area contributed by atoms with Gasteiger partial charge in [0.05, 0.1) is 5.92 Å². The van der Waals surface area contributed by atoms with Crippen molar-refractivity contribution in [2.75, 3.05) is 26.2 Å². The third-order valence-electron chi connectivity index (χ3n) is 5.12. The zero-order valence-corrected chi connectivity index (χ0v) is 14.2. The molecule has 2 amide bonds. The lowest BCUT2D eigenvalue weighted by Crippen LogP contribution is -2.43. The van der Waals surface area contributed by atoms with Crippen molar-refractivity contribution in [3.8, 4) is 0 Å². The number of hydrogen-bond donors (Lipinski definition) is 0. The lowest BCUT2D eigenvalue weighted by Gasteiger charge is -2.32. The van der Waals surface area contributed by atoms with E-state index in [1.807, 2.05) is 4.90 Å². The number of likely N-dealkylation sites (tertiary alicyclic amines) is 2. The summed E-state index contributed by atoms with van der Waals surface area (Å²) in [4.78, 5) is 28.6. The standard InChI is InChI=1S/C19H25FN2O2/c1-14-3-2-9-22(12-14)19(24)16-11-18(23)21(13-16)10-8-15-4-6-17(20)7-5-15/h4-7,14,16H,2-3,8-13H2,1H3/t14-,16-/m1/s1. The van der Waals surface area contributed by atoms with Crippen LogP contribution >= 0.6 is 0 Å². The monoisotopic (exact) mass is 332 g/mol. The molecule has 0 unspecified atom stereocenters. The van der Waals surface area contributed by atoms with Crippen LogP contribution in [0, 0.1) is 17.7 Å². The van der Waals surface area contributed by atoms with Gasteiger partial charge in [0.2, 0.25) is 11.8 Å². The van der Waals surface area contributed by atoms with Crippen molar-refractivity contribution in [3.63, 3.8) is 0 Å². The van der Waals surface area contributed by atoms with Gasteiger partial charge in [-0.05, 0) is 42.9 Å². The Morgan fingerprint density at radius 2 is 2.00 bits per heavy atom. The number of nitrogens with zero attached hydrogens (tertiary/aromatic N) is 2. The van der Waals surface area contributed by atoms with Crippen molar-refractivity contribution >= 4 is 11.8 Å². The van der Waals surface area contributed by atoms with Crippen LogP contribution in [0.1, 0.15) is 31.7 Å². The van der Waals surface area contributed by atoms with Crippen LogP contribution < -0.4 is 0 Å². The minimum absolute atomic E-state index is 0.0560. The number of piperidine rings is 1. The molecule has 5 heteroatoms. The van der Waals surface area contributed by atoms with Crippen LogP contribution in [-0.4, -0.2) is 47.8 Å². The minimum Gasteiger partial charge on any atom is -0.342 e. The molecule has 1 aromatic rings. The van der Waals surface area contributed by atoms with E-state index < -0.39 is 0 Å². The highest BCUT2D eigenvalue weighted by Gasteiger charge is 2.37. The molecular formula is C19H25FN2O2. The van der Waals surface area contributed by atoms with E-state index in [4.69, 9.17) is 0 Å². The molecule has 0 saturated carbocycles. The molecule has 2 heterocycles. The average Bonchev–Trinajstić information content (AvgIpc) is 2.94. The third kappa shape index (κ3) is 3.94. The Morgan fingerprint density at radius 1 is 1.25 bits per heavy atom. The lowest BCUT2D eigenvalue weighted by atomic mass is 9.98. The summed E-state index contributed by atoms with van der Waals surface area (Å²) in [6.07, 6.45) is 3.25. The summed E-state index contributed by atoms with van der Waals surface area (Å²) in [6, 6.07) is 6.36. The largest absolute Gasteiger partial charge is 0.342 e. The van der Waals surface area contributed by atoms with Crippen LogP contribution in [0.3, 0.4) is 0 Å². The van der Waals surface area contributed by atoms with Crippen molar-refractivity contribution in [3.05, 3.63) is 35.6 Å². The average molecular weight is 332 g/mol. The van der Waals surface area contributed by atoms with Crippen molar-refractivity contribution < 1.29 is 14.0 Å². The molecule has 0 aromatic heterocycles. The maximum Gasteiger partial charge on any atom is 0.228 e. The lowest BCUT2D eigenvalue weighted by molar-refractivity contribution is -0.137. The zero-order chi connectivity index (χ0) is 17.1. The third-order valence-corrected chi connectivity index (χ3v) is 5.12. The fourth-order valence-corrected chi connectivity index (χ4v) is 3.72. The molecule has 1 aromatic carbocycles. The number of benzene rings is 1. The Hall–Kier alpha value is -1.91. The van der Waals surface area contributed by atoms with Crippen LogP contribution in [0.2, 0.25) is 0 Å². The highest BCUT2D eigenvalue weighted by molar-refractivity contribution is 5.89. The van der Waals surface area contributed by atoms with E-state index >= 15 is 0 Å². The molecule has 0 bridgehead atoms. The topological polar surface area (TPSA) is 40.6 Å². The first-order valence-corrected chi connectivity index (χ1v) is 8.84. The van der Waals surface area contributed by atoms with Crippen LogP contribution in [-0.2, 0) is 16.0 Å². The highest BCUT2D eigenvalue weighted by Crippen LogP contribution is 2.24. The molecule has 2 saturated heterocycles. The van der Waals surface area contributed by atoms with Gasteiger partial charge in [-0.25, -0.2) is 4.39 Å². The summed E-state index contributed by atoms with van der Waals surface area (Å²) in [5, 5.41) is 0. The van der Waals surface area contributed by atoms with E-state index in [0.717, 1.165) is 25.1 Å². The number of hydrogen-bond acceptors (Lipinski definition) is 2. The first-order valence-electron chi connectivity index (χ1n) is 8.84. The fraction of sp³-hybridized carbons (Fsp3) is 0.579. The normalized spacial score (nSPS) is 24.5. The maximum atomic E-state index is 12.9. The Morgan fingerprint density at radius 3 is 2.71 bits per heavy atom. The van der Waals surface area contributed by atoms with Crippen molar-refractivity contribution in [1.82, 2.24) is 9.80 Å². The summed E-state index contributed by atoms with van der Waals surface area (Å²) in [5.74, 6) is 0.294. The molecule has 130 valence electrons. The van der Waals surface area contributed by atoms with Crippen LogP contribution in [0.15, 0.2) is 24.3 Å². The molecule has 0 radical (unpaired) electrons. The molecule has 2 fully saturated rings. The second kappa shape index (κ2) is 7.32. The van der Waals surface area contributed by atoms with Gasteiger partial charge in [0.15, 0.2) is 0 Å². The number of amides is 2. The molecule has 2 aliphatic heterocycles. The SMILES string of the molecule is C[C@@H]1CCCN(C(=O)[C@@H]2CC(=O)N(CCc3ccc(F)cc3)C2)C1. The van der Waals surface area contributed by atoms with Crippen molar-refractivity contribution in [2.45, 2.75) is 32.6 Å². The molecule has 24 heavy (non-hydrogen) atoms. The van der Waals surface area contributed by atoms with Crippen LogP contribution in [0.5, 0.6) is 0 Å². The van der Waals surface area contributed by atoms with Crippen molar-refractivity contribution in [1.29, 1.82) is 0 Å². The van der Waals surface area contributed by atoms with Gasteiger partial charge in [0.1, 0.15) is 5.82 Å². The minimum atomic E-state index is -0.252. The molecule has 2 atom stereocenters. The molecule has 0 spiro atoms. The van der Waals surface area contributed by atoms with Gasteiger partial charge in [-0.15, -0.1) is 0 Å². The van der Waals surface area contributed by atoms with Gasteiger partial charge in [0, 0.05) is 32.6 Å². The Kier molecular flexibility index (Phi) is 5.17. The number of halogens is 1. The predicted molar refractivity (Wildman–Crippen MR) is 89.8 cm³/mol. The maximum absolute atomic E-state index is 12.9. The van der Waals surface area contributed by atoms with Crippen LogP contribution in [0.4, 0.5) is 4.39 Å². The summed E-state index contributed by atoms with van der Waals surface area (Å²) < 4.78 is 12.9. The smallest absolute Gasteiger partial charge is 0.228 e. The van der Waals surface area contributed by atoms with Gasteiger partial charge in [0.25, 0.3) is 0 Å². The van der Waals surface area contributed by atoms with Gasteiger partial charge < -0.3 is 9.80 Å². The Bertz CT molecular complexity index is 602. The van der Waals surface area contributed by atoms with Gasteiger partial charge in [-0.1, -0.05) is 19.1 Å². The van der Waals surface area contributed by atoms with E-state index in [-0.39, 0.29) is 23.5 Å². The van der Waals surface area contributed by atoms with Gasteiger partial charge in [-0.2, -0.15) is 0 Å². The van der Waals surface area contributed by atoms with Gasteiger partial charge in [-0.3, -0.25) is 9.59 Å². The first-order chi connectivity index (χ1) is 11.5. The summed E-state index contributed by atoms with van der Waals surface area (Å²) in [7, 11) is 0. The molecule has 2 aliphatic rings. The first kappa shape index (κ1) is 16.9. The Balaban J connectivity index is 1.53. The summed E-state index contributed by atoms with van der Waals surface area (Å²) in [5.41, 5.74) is 1.00. The molecule has 0 N–H and O–H groups in total. The molecule has 4 nitrogen and oxygen atoms in total. The highest BCUT2D eigenvalue weighted by atomic mass is 19.1. The number of rotatable bonds is 4. The Labute approximate surface area is 142 Å². The van der Waals surface area contributed by atoms with E-state index in [2.05, 4.69) is 6.92 Å². The molecule has 0 aliphatic carbocycles. The number of carbonyl (C=O) groups excluding carboxylic acids is 2. The van der Waals surface area contributed by atoms with Crippen LogP contribution in [0.25, 0.3) is 0 Å². The molecular weight excluding hydrogens is 307 g/mol. The van der Waals surface area contributed by atoms with E-state index in [1.165, 1.54) is 18.6 Å².